The van der Waals surface area contributed by atoms with E-state index >= 15 is 0 Å². The zero-order chi connectivity index (χ0) is 19.8. The van der Waals surface area contributed by atoms with E-state index < -0.39 is 6.10 Å². The summed E-state index contributed by atoms with van der Waals surface area (Å²) in [5.74, 6) is 2.20. The van der Waals surface area contributed by atoms with Crippen molar-refractivity contribution in [1.82, 2.24) is 15.5 Å². The van der Waals surface area contributed by atoms with Gasteiger partial charge in [0.2, 0.25) is 0 Å². The maximum absolute atomic E-state index is 10.1. The molecule has 2 aromatic carbocycles. The summed E-state index contributed by atoms with van der Waals surface area (Å²) in [5, 5.41) is 21.2. The summed E-state index contributed by atoms with van der Waals surface area (Å²) in [6.07, 6.45) is 3.02. The summed E-state index contributed by atoms with van der Waals surface area (Å²) >= 11 is 0. The number of benzene rings is 2. The Balaban J connectivity index is 1.35. The van der Waals surface area contributed by atoms with Crippen LogP contribution in [0.3, 0.4) is 0 Å². The van der Waals surface area contributed by atoms with Gasteiger partial charge in [0.05, 0.1) is 31.3 Å². The van der Waals surface area contributed by atoms with Gasteiger partial charge in [-0.05, 0) is 49.2 Å². The molecule has 28 heavy (non-hydrogen) atoms. The summed E-state index contributed by atoms with van der Waals surface area (Å²) < 4.78 is 16.3. The molecule has 0 aliphatic rings. The predicted molar refractivity (Wildman–Crippen MR) is 108 cm³/mol. The molecule has 3 rings (SSSR count). The van der Waals surface area contributed by atoms with E-state index in [-0.39, 0.29) is 6.61 Å². The highest BCUT2D eigenvalue weighted by molar-refractivity contribution is 5.84. The highest BCUT2D eigenvalue weighted by Gasteiger charge is 2.08. The molecule has 0 radical (unpaired) electrons. The van der Waals surface area contributed by atoms with E-state index in [2.05, 4.69) is 15.5 Å². The van der Waals surface area contributed by atoms with Crippen LogP contribution >= 0.6 is 0 Å². The topological polar surface area (TPSA) is 88.6 Å². The second kappa shape index (κ2) is 9.96. The molecule has 1 unspecified atom stereocenters. The third-order valence-corrected chi connectivity index (χ3v) is 4.52. The number of aromatic nitrogens is 2. The van der Waals surface area contributed by atoms with Gasteiger partial charge in [-0.1, -0.05) is 12.1 Å². The molecular weight excluding hydrogens is 358 g/mol. The molecule has 1 atom stereocenters. The first-order valence-corrected chi connectivity index (χ1v) is 9.36. The predicted octanol–water partition coefficient (Wildman–Crippen LogP) is 2.54. The highest BCUT2D eigenvalue weighted by atomic mass is 16.5. The van der Waals surface area contributed by atoms with Gasteiger partial charge in [0.1, 0.15) is 18.5 Å². The number of fused-ring (bicyclic) bond motifs is 1. The average Bonchev–Trinajstić information content (AvgIpc) is 3.21. The maximum atomic E-state index is 10.1. The maximum Gasteiger partial charge on any atom is 0.160 e. The fourth-order valence-electron chi connectivity index (χ4n) is 3.03. The van der Waals surface area contributed by atoms with E-state index in [0.717, 1.165) is 47.5 Å². The molecule has 0 amide bonds. The van der Waals surface area contributed by atoms with Gasteiger partial charge in [-0.2, -0.15) is 5.10 Å². The fraction of sp³-hybridized carbons (Fsp3) is 0.381. The van der Waals surface area contributed by atoms with Crippen LogP contribution in [0.1, 0.15) is 12.0 Å². The smallest absolute Gasteiger partial charge is 0.160 e. The van der Waals surface area contributed by atoms with Crippen LogP contribution in [0.15, 0.2) is 42.6 Å². The molecule has 7 nitrogen and oxygen atoms in total. The lowest BCUT2D eigenvalue weighted by Crippen LogP contribution is -2.32. The van der Waals surface area contributed by atoms with Crippen LogP contribution in [-0.2, 0) is 6.42 Å². The monoisotopic (exact) mass is 385 g/mol. The Morgan fingerprint density at radius 2 is 1.96 bits per heavy atom. The van der Waals surface area contributed by atoms with Crippen LogP contribution in [-0.4, -0.2) is 55.3 Å². The zero-order valence-electron chi connectivity index (χ0n) is 16.3. The van der Waals surface area contributed by atoms with Crippen LogP contribution < -0.4 is 19.5 Å². The number of hydrogen-bond donors (Lipinski definition) is 3. The van der Waals surface area contributed by atoms with Gasteiger partial charge >= 0.3 is 0 Å². The SMILES string of the molecule is COc1ccc(CCCNCC(O)COc2cccc3[nH]ncc23)cc1OC. The van der Waals surface area contributed by atoms with Crippen molar-refractivity contribution in [1.29, 1.82) is 0 Å². The second-order valence-corrected chi connectivity index (χ2v) is 6.55. The van der Waals surface area contributed by atoms with Gasteiger partial charge < -0.3 is 24.6 Å². The van der Waals surface area contributed by atoms with Crippen LogP contribution in [0.2, 0.25) is 0 Å². The van der Waals surface area contributed by atoms with E-state index in [4.69, 9.17) is 14.2 Å². The van der Waals surface area contributed by atoms with Crippen molar-refractivity contribution >= 4 is 10.9 Å². The molecule has 0 bridgehead atoms. The first-order chi connectivity index (χ1) is 13.7. The van der Waals surface area contributed by atoms with Gasteiger partial charge in [0.15, 0.2) is 11.5 Å². The largest absolute Gasteiger partial charge is 0.493 e. The lowest BCUT2D eigenvalue weighted by molar-refractivity contribution is 0.107. The molecule has 7 heteroatoms. The highest BCUT2D eigenvalue weighted by Crippen LogP contribution is 2.28. The van der Waals surface area contributed by atoms with E-state index in [1.54, 1.807) is 20.4 Å². The number of aromatic amines is 1. The van der Waals surface area contributed by atoms with Crippen LogP contribution in [0.4, 0.5) is 0 Å². The number of ether oxygens (including phenoxy) is 3. The van der Waals surface area contributed by atoms with Crippen LogP contribution in [0.25, 0.3) is 10.9 Å². The zero-order valence-corrected chi connectivity index (χ0v) is 16.3. The van der Waals surface area contributed by atoms with Crippen LogP contribution in [0.5, 0.6) is 17.2 Å². The number of H-pyrrole nitrogens is 1. The van der Waals surface area contributed by atoms with Crippen molar-refractivity contribution < 1.29 is 19.3 Å². The summed E-state index contributed by atoms with van der Waals surface area (Å²) in [6.45, 7) is 1.52. The van der Waals surface area contributed by atoms with E-state index in [1.165, 1.54) is 5.56 Å². The summed E-state index contributed by atoms with van der Waals surface area (Å²) in [6, 6.07) is 11.7. The van der Waals surface area contributed by atoms with Gasteiger partial charge in [0.25, 0.3) is 0 Å². The van der Waals surface area contributed by atoms with Crippen molar-refractivity contribution in [2.45, 2.75) is 18.9 Å². The first kappa shape index (κ1) is 20.0. The molecule has 150 valence electrons. The van der Waals surface area contributed by atoms with E-state index in [1.807, 2.05) is 36.4 Å². The van der Waals surface area contributed by atoms with Crippen molar-refractivity contribution in [3.05, 3.63) is 48.2 Å². The minimum Gasteiger partial charge on any atom is -0.493 e. The Hall–Kier alpha value is -2.77. The number of aliphatic hydroxyl groups excluding tert-OH is 1. The molecule has 0 spiro atoms. The molecule has 0 saturated carbocycles. The number of rotatable bonds is 11. The number of hydrogen-bond acceptors (Lipinski definition) is 6. The molecule has 0 saturated heterocycles. The second-order valence-electron chi connectivity index (χ2n) is 6.55. The Morgan fingerprint density at radius 1 is 1.11 bits per heavy atom. The fourth-order valence-corrected chi connectivity index (χ4v) is 3.03. The average molecular weight is 385 g/mol. The number of methoxy groups -OCH3 is 2. The van der Waals surface area contributed by atoms with Crippen LogP contribution in [0, 0.1) is 0 Å². The molecule has 3 aromatic rings. The summed E-state index contributed by atoms with van der Waals surface area (Å²) in [7, 11) is 3.27. The quantitative estimate of drug-likeness (QED) is 0.440. The van der Waals surface area contributed by atoms with Crippen molar-refractivity contribution in [2.24, 2.45) is 0 Å². The van der Waals surface area contributed by atoms with E-state index in [0.29, 0.717) is 6.54 Å². The lowest BCUT2D eigenvalue weighted by Gasteiger charge is -2.14. The van der Waals surface area contributed by atoms with Crippen molar-refractivity contribution in [2.75, 3.05) is 33.9 Å². The lowest BCUT2D eigenvalue weighted by atomic mass is 10.1. The number of aliphatic hydroxyl groups is 1. The molecule has 1 heterocycles. The first-order valence-electron chi connectivity index (χ1n) is 9.36. The Bertz CT molecular complexity index is 881. The van der Waals surface area contributed by atoms with Gasteiger partial charge in [-0.25, -0.2) is 0 Å². The normalized spacial score (nSPS) is 12.1. The molecule has 3 N–H and O–H groups in total. The van der Waals surface area contributed by atoms with Gasteiger partial charge in [0, 0.05) is 6.54 Å². The standard InChI is InChI=1S/C21H27N3O4/c1-26-20-9-8-15(11-21(20)27-2)5-4-10-22-12-16(25)14-28-19-7-3-6-18-17(19)13-23-24-18/h3,6-9,11,13,16,22,25H,4-5,10,12,14H2,1-2H3,(H,23,24). The minimum absolute atomic E-state index is 0.229. The number of nitrogens with one attached hydrogen (secondary N) is 2. The summed E-state index contributed by atoms with van der Waals surface area (Å²) in [4.78, 5) is 0. The Labute approximate surface area is 164 Å². The number of aryl methyl sites for hydroxylation is 1. The molecule has 0 fully saturated rings. The van der Waals surface area contributed by atoms with Gasteiger partial charge in [-0.15, -0.1) is 0 Å². The minimum atomic E-state index is -0.580. The van der Waals surface area contributed by atoms with Gasteiger partial charge in [-0.3, -0.25) is 5.10 Å². The molecule has 0 aliphatic carbocycles. The Morgan fingerprint density at radius 3 is 2.79 bits per heavy atom. The van der Waals surface area contributed by atoms with Crippen molar-refractivity contribution in [3.8, 4) is 17.2 Å². The third kappa shape index (κ3) is 5.15. The molecule has 1 aromatic heterocycles. The third-order valence-electron chi connectivity index (χ3n) is 4.52. The van der Waals surface area contributed by atoms with E-state index in [9.17, 15) is 5.11 Å². The molecule has 0 aliphatic heterocycles. The Kier molecular flexibility index (Phi) is 7.11. The summed E-state index contributed by atoms with van der Waals surface area (Å²) in [5.41, 5.74) is 2.11. The van der Waals surface area contributed by atoms with Crippen molar-refractivity contribution in [3.63, 3.8) is 0 Å². The number of nitrogens with zero attached hydrogens (tertiary/aromatic N) is 1. The molecular formula is C21H27N3O4.